The van der Waals surface area contributed by atoms with Crippen molar-refractivity contribution >= 4 is 11.3 Å². The van der Waals surface area contributed by atoms with Crippen LogP contribution < -0.4 is 10.6 Å². The Morgan fingerprint density at radius 1 is 1.25 bits per heavy atom. The summed E-state index contributed by atoms with van der Waals surface area (Å²) in [6.07, 6.45) is 2.68. The SMILES string of the molecule is c1ccc(-c2csc(CNC[C@@H]3CCCN3CC3CNC3)n2)cc1. The highest BCUT2D eigenvalue weighted by Gasteiger charge is 2.28. The standard InChI is InChI=1S/C19H26N4S/c1-2-5-16(6-3-1)18-14-24-19(22-18)12-21-11-17-7-4-8-23(17)13-15-9-20-10-15/h1-3,5-6,14-15,17,20-21H,4,7-13H2/t17-/m0/s1. The Hall–Kier alpha value is -1.27. The molecule has 0 bridgehead atoms. The Kier molecular flexibility index (Phi) is 5.23. The molecular formula is C19H26N4S. The van der Waals surface area contributed by atoms with E-state index in [1.807, 2.05) is 6.07 Å². The maximum Gasteiger partial charge on any atom is 0.107 e. The molecule has 4 nitrogen and oxygen atoms in total. The molecule has 0 aliphatic carbocycles. The number of nitrogens with one attached hydrogen (secondary N) is 2. The number of aromatic nitrogens is 1. The fourth-order valence-electron chi connectivity index (χ4n) is 3.66. The molecule has 2 saturated heterocycles. The van der Waals surface area contributed by atoms with E-state index >= 15 is 0 Å². The zero-order valence-corrected chi connectivity index (χ0v) is 14.9. The van der Waals surface area contributed by atoms with Crippen LogP contribution in [-0.4, -0.2) is 48.6 Å². The van der Waals surface area contributed by atoms with Gasteiger partial charge in [-0.2, -0.15) is 0 Å². The third-order valence-corrected chi connectivity index (χ3v) is 5.98. The van der Waals surface area contributed by atoms with Gasteiger partial charge in [-0.25, -0.2) is 4.98 Å². The third kappa shape index (κ3) is 3.86. The summed E-state index contributed by atoms with van der Waals surface area (Å²) >= 11 is 1.76. The predicted molar refractivity (Wildman–Crippen MR) is 100 cm³/mol. The fraction of sp³-hybridized carbons (Fsp3) is 0.526. The summed E-state index contributed by atoms with van der Waals surface area (Å²) in [7, 11) is 0. The minimum absolute atomic E-state index is 0.708. The smallest absolute Gasteiger partial charge is 0.107 e. The number of hydrogen-bond donors (Lipinski definition) is 2. The number of likely N-dealkylation sites (tertiary alicyclic amines) is 1. The van der Waals surface area contributed by atoms with E-state index < -0.39 is 0 Å². The van der Waals surface area contributed by atoms with Gasteiger partial charge in [-0.1, -0.05) is 30.3 Å². The summed E-state index contributed by atoms with van der Waals surface area (Å²) in [6.45, 7) is 6.93. The Bertz CT molecular complexity index is 638. The summed E-state index contributed by atoms with van der Waals surface area (Å²) < 4.78 is 0. The first kappa shape index (κ1) is 16.2. The molecule has 0 radical (unpaired) electrons. The second kappa shape index (κ2) is 7.74. The van der Waals surface area contributed by atoms with Crippen LogP contribution in [0.15, 0.2) is 35.7 Å². The topological polar surface area (TPSA) is 40.2 Å². The predicted octanol–water partition coefficient (Wildman–Crippen LogP) is 2.58. The molecule has 2 fully saturated rings. The van der Waals surface area contributed by atoms with Crippen LogP contribution >= 0.6 is 11.3 Å². The van der Waals surface area contributed by atoms with Crippen LogP contribution in [0.3, 0.4) is 0 Å². The maximum absolute atomic E-state index is 4.77. The molecule has 0 unspecified atom stereocenters. The largest absolute Gasteiger partial charge is 0.316 e. The molecule has 0 amide bonds. The highest BCUT2D eigenvalue weighted by molar-refractivity contribution is 7.09. The van der Waals surface area contributed by atoms with Gasteiger partial charge >= 0.3 is 0 Å². The molecule has 2 aliphatic heterocycles. The first-order chi connectivity index (χ1) is 11.9. The van der Waals surface area contributed by atoms with E-state index in [1.54, 1.807) is 11.3 Å². The normalized spacial score (nSPS) is 21.9. The van der Waals surface area contributed by atoms with Crippen LogP contribution in [-0.2, 0) is 6.54 Å². The minimum atomic E-state index is 0.708. The zero-order chi connectivity index (χ0) is 16.2. The molecular weight excluding hydrogens is 316 g/mol. The summed E-state index contributed by atoms with van der Waals surface area (Å²) in [5.41, 5.74) is 2.30. The van der Waals surface area contributed by atoms with E-state index in [1.165, 1.54) is 49.6 Å². The van der Waals surface area contributed by atoms with Crippen molar-refractivity contribution in [3.05, 3.63) is 40.7 Å². The van der Waals surface area contributed by atoms with E-state index in [0.29, 0.717) is 6.04 Å². The van der Waals surface area contributed by atoms with Crippen LogP contribution in [0.25, 0.3) is 11.3 Å². The maximum atomic E-state index is 4.77. The molecule has 3 heterocycles. The van der Waals surface area contributed by atoms with Crippen molar-refractivity contribution in [1.82, 2.24) is 20.5 Å². The first-order valence-electron chi connectivity index (χ1n) is 9.04. The van der Waals surface area contributed by atoms with Crippen LogP contribution in [0.2, 0.25) is 0 Å². The molecule has 1 aromatic carbocycles. The highest BCUT2D eigenvalue weighted by atomic mass is 32.1. The molecule has 2 aliphatic rings. The summed E-state index contributed by atoms with van der Waals surface area (Å²) in [5, 5.41) is 10.4. The molecule has 24 heavy (non-hydrogen) atoms. The lowest BCUT2D eigenvalue weighted by Gasteiger charge is -2.34. The fourth-order valence-corrected chi connectivity index (χ4v) is 4.43. The quantitative estimate of drug-likeness (QED) is 0.811. The Morgan fingerprint density at radius 3 is 2.92 bits per heavy atom. The van der Waals surface area contributed by atoms with Gasteiger partial charge in [0.15, 0.2) is 0 Å². The molecule has 2 aromatic rings. The number of hydrogen-bond acceptors (Lipinski definition) is 5. The van der Waals surface area contributed by atoms with Gasteiger partial charge in [-0.15, -0.1) is 11.3 Å². The Labute approximate surface area is 148 Å². The first-order valence-corrected chi connectivity index (χ1v) is 9.92. The van der Waals surface area contributed by atoms with Gasteiger partial charge in [0.2, 0.25) is 0 Å². The van der Waals surface area contributed by atoms with Crippen molar-refractivity contribution in [2.24, 2.45) is 5.92 Å². The molecule has 1 aromatic heterocycles. The van der Waals surface area contributed by atoms with Gasteiger partial charge in [-0.05, 0) is 25.3 Å². The molecule has 0 saturated carbocycles. The summed E-state index contributed by atoms with van der Waals surface area (Å²) in [6, 6.07) is 11.1. The van der Waals surface area contributed by atoms with Crippen LogP contribution in [0.5, 0.6) is 0 Å². The lowest BCUT2D eigenvalue weighted by atomic mass is 10.0. The second-order valence-electron chi connectivity index (χ2n) is 6.94. The average Bonchev–Trinajstić information content (AvgIpc) is 3.21. The van der Waals surface area contributed by atoms with Gasteiger partial charge in [0.25, 0.3) is 0 Å². The van der Waals surface area contributed by atoms with Crippen LogP contribution in [0, 0.1) is 5.92 Å². The van der Waals surface area contributed by atoms with Gasteiger partial charge < -0.3 is 10.6 Å². The molecule has 5 heteroatoms. The summed E-state index contributed by atoms with van der Waals surface area (Å²) in [4.78, 5) is 7.46. The highest BCUT2D eigenvalue weighted by Crippen LogP contribution is 2.22. The van der Waals surface area contributed by atoms with Gasteiger partial charge in [0, 0.05) is 49.7 Å². The van der Waals surface area contributed by atoms with E-state index in [0.717, 1.165) is 24.7 Å². The Morgan fingerprint density at radius 2 is 2.12 bits per heavy atom. The zero-order valence-electron chi connectivity index (χ0n) is 14.1. The van der Waals surface area contributed by atoms with Gasteiger partial charge in [0.1, 0.15) is 5.01 Å². The van der Waals surface area contributed by atoms with Crippen LogP contribution in [0.4, 0.5) is 0 Å². The molecule has 2 N–H and O–H groups in total. The van der Waals surface area contributed by atoms with Crippen molar-refractivity contribution in [2.75, 3.05) is 32.7 Å². The minimum Gasteiger partial charge on any atom is -0.316 e. The molecule has 4 rings (SSSR count). The second-order valence-corrected chi connectivity index (χ2v) is 7.88. The lowest BCUT2D eigenvalue weighted by molar-refractivity contribution is 0.177. The van der Waals surface area contributed by atoms with Crippen molar-refractivity contribution < 1.29 is 0 Å². The third-order valence-electron chi connectivity index (χ3n) is 5.14. The number of rotatable bonds is 7. The monoisotopic (exact) mass is 342 g/mol. The van der Waals surface area contributed by atoms with Gasteiger partial charge in [-0.3, -0.25) is 4.90 Å². The van der Waals surface area contributed by atoms with E-state index in [9.17, 15) is 0 Å². The van der Waals surface area contributed by atoms with E-state index in [-0.39, 0.29) is 0 Å². The van der Waals surface area contributed by atoms with Crippen molar-refractivity contribution in [3.8, 4) is 11.3 Å². The van der Waals surface area contributed by atoms with E-state index in [2.05, 4.69) is 45.2 Å². The number of benzene rings is 1. The lowest BCUT2D eigenvalue weighted by Crippen LogP contribution is -2.50. The summed E-state index contributed by atoms with van der Waals surface area (Å²) in [5.74, 6) is 0.873. The van der Waals surface area contributed by atoms with Crippen LogP contribution in [0.1, 0.15) is 17.8 Å². The Balaban J connectivity index is 1.26. The van der Waals surface area contributed by atoms with Crippen molar-refractivity contribution in [2.45, 2.75) is 25.4 Å². The number of thiazole rings is 1. The molecule has 0 spiro atoms. The molecule has 1 atom stereocenters. The van der Waals surface area contributed by atoms with Crippen molar-refractivity contribution in [1.29, 1.82) is 0 Å². The molecule has 128 valence electrons. The van der Waals surface area contributed by atoms with E-state index in [4.69, 9.17) is 4.98 Å². The average molecular weight is 343 g/mol. The number of nitrogens with zero attached hydrogens (tertiary/aromatic N) is 2. The van der Waals surface area contributed by atoms with Gasteiger partial charge in [0.05, 0.1) is 5.69 Å². The van der Waals surface area contributed by atoms with Crippen molar-refractivity contribution in [3.63, 3.8) is 0 Å².